The lowest BCUT2D eigenvalue weighted by atomic mass is 9.83. The predicted molar refractivity (Wildman–Crippen MR) is 482 cm³/mol. The maximum absolute atomic E-state index is 14.3. The number of methoxy groups -OCH3 is 1. The molecule has 8 N–H and O–H groups in total. The standard InChI is InChI=1S/C96H140N12O20/c1-64-13-8-7-9-14-66(3)82(118-6)59-79-16-12-35-96(117,128-79)89(113)93(115)107-37-11-10-15-76(107)62-125-77(24-17-65(2)56-68(5)87(111)88(112)86(110)67(4)55-64)25-19-69-20-26-78(27-21-69)126-95(116)99-36-44-120-46-48-122-50-52-124-54-53-123-51-49-121-47-45-119-43-34-83(109)105-41-32-75(33-42-105)104-38-29-71(30-39-104)92(114)106-40-31-72-57-70(18-22-74(72)61-106)60-108-91-84(90(97)100-63-101-91)85(103-108)73-23-28-81-80(58-73)102-94(98)127-81/h7-9,13-14,18,22-23,28,56-58,63-65,67,69,71,75-79,82,87-88,111-112,117H,10-12,15-17,19-21,24-27,29-55,59-62H2,1-6H3,(H2,98,102)(H,99,116)(H2,97,100,101)/b9-7+,13-8+,66-14+,68-56+/t64-,65+,67?,69-,76+,77+,78-,79+,82+,87-,88+,96-/m1/s1. The second-order valence-corrected chi connectivity index (χ2v) is 36.1. The zero-order chi connectivity index (χ0) is 90.5. The van der Waals surface area contributed by atoms with E-state index in [0.29, 0.717) is 214 Å². The molecular weight excluding hydrogens is 1640 g/mol. The Bertz CT molecular complexity index is 4530. The number of carbonyl (C=O) groups excluding carboxylic acids is 6. The van der Waals surface area contributed by atoms with Gasteiger partial charge in [0.1, 0.15) is 41.7 Å². The number of piperidine rings is 3. The number of ketones is 2. The number of aromatic nitrogens is 5. The molecule has 32 heteroatoms. The summed E-state index contributed by atoms with van der Waals surface area (Å²) in [6.45, 7) is 19.9. The van der Waals surface area contributed by atoms with E-state index < -0.39 is 53.6 Å². The fourth-order valence-corrected chi connectivity index (χ4v) is 19.1. The van der Waals surface area contributed by atoms with E-state index in [1.807, 2.05) is 89.9 Å². The number of hydrogen-bond donors (Lipinski definition) is 6. The van der Waals surface area contributed by atoms with Gasteiger partial charge < -0.3 is 103 Å². The largest absolute Gasteiger partial charge is 0.446 e. The van der Waals surface area contributed by atoms with Gasteiger partial charge in [-0.3, -0.25) is 24.0 Å². The van der Waals surface area contributed by atoms with Gasteiger partial charge in [-0.2, -0.15) is 10.1 Å². The van der Waals surface area contributed by atoms with Crippen LogP contribution in [-0.2, 0) is 90.9 Å². The number of anilines is 2. The lowest BCUT2D eigenvalue weighted by Crippen LogP contribution is -2.57. The molecule has 704 valence electrons. The summed E-state index contributed by atoms with van der Waals surface area (Å²) in [7, 11) is 1.61. The van der Waals surface area contributed by atoms with Gasteiger partial charge in [0.15, 0.2) is 17.0 Å². The number of alkyl carbamates (subject to hydrolysis) is 1. The number of aliphatic hydroxyl groups is 3. The maximum atomic E-state index is 14.3. The van der Waals surface area contributed by atoms with Crippen molar-refractivity contribution in [2.45, 2.75) is 243 Å². The molecule has 6 aliphatic heterocycles. The van der Waals surface area contributed by atoms with E-state index >= 15 is 0 Å². The summed E-state index contributed by atoms with van der Waals surface area (Å²) < 4.78 is 66.0. The number of carbonyl (C=O) groups is 6. The Labute approximate surface area is 752 Å². The predicted octanol–water partition coefficient (Wildman–Crippen LogP) is 10.4. The summed E-state index contributed by atoms with van der Waals surface area (Å²) in [5.41, 5.74) is 20.4. The second kappa shape index (κ2) is 49.7. The van der Waals surface area contributed by atoms with E-state index in [9.17, 15) is 44.1 Å². The van der Waals surface area contributed by atoms with Gasteiger partial charge in [-0.1, -0.05) is 75.4 Å². The molecular formula is C96H140N12O20. The summed E-state index contributed by atoms with van der Waals surface area (Å²) >= 11 is 0. The van der Waals surface area contributed by atoms with Gasteiger partial charge in [0.25, 0.3) is 17.7 Å². The van der Waals surface area contributed by atoms with Crippen molar-refractivity contribution < 1.29 is 95.9 Å². The minimum atomic E-state index is -2.26. The van der Waals surface area contributed by atoms with Crippen LogP contribution in [0.25, 0.3) is 33.4 Å². The van der Waals surface area contributed by atoms with Crippen molar-refractivity contribution in [1.82, 2.24) is 49.6 Å². The quantitative estimate of drug-likeness (QED) is 0.0136. The molecule has 128 heavy (non-hydrogen) atoms. The molecule has 5 aromatic rings. The van der Waals surface area contributed by atoms with E-state index in [-0.39, 0.29) is 79.5 Å². The molecule has 1 unspecified atom stereocenters. The van der Waals surface area contributed by atoms with Crippen LogP contribution in [0.15, 0.2) is 94.7 Å². The SMILES string of the molecule is CO[C@H]1C[C@@H]2CCC[C@@](O)(O2)C(=O)C(=O)N2CCCC[C@H]2CO[C@H](CC[C@H]2CC[C@H](OC(=O)NCCOCCOCCOCCOCCOCCOCCC(=O)N3CCC(N4CCC(C(=O)N5CCc6cc(Cn7nc(-c8ccc9oc(N)nc9c8)c8c(N)ncnc87)ccc6C5)CC4)CC3)CC2)CC[C@H](C)/C=C(\C)[C@@H](O)[C@@H](O)C(=O)C(C)C[C@H](C)/C=C/C=C/C=C/1C. The van der Waals surface area contributed by atoms with Gasteiger partial charge >= 0.3 is 6.09 Å². The third kappa shape index (κ3) is 28.5. The highest BCUT2D eigenvalue weighted by Crippen LogP contribution is 2.38. The number of amides is 4. The minimum Gasteiger partial charge on any atom is -0.446 e. The number of nitrogens with two attached hydrogens (primary N) is 2. The molecule has 5 fully saturated rings. The molecule has 12 rings (SSSR count). The van der Waals surface area contributed by atoms with Gasteiger partial charge in [0.2, 0.25) is 17.6 Å². The van der Waals surface area contributed by atoms with Gasteiger partial charge in [-0.05, 0) is 213 Å². The third-order valence-corrected chi connectivity index (χ3v) is 26.6. The zero-order valence-corrected chi connectivity index (χ0v) is 76.1. The summed E-state index contributed by atoms with van der Waals surface area (Å²) in [6.07, 6.45) is 23.1. The van der Waals surface area contributed by atoms with Crippen molar-refractivity contribution in [1.29, 1.82) is 0 Å². The lowest BCUT2D eigenvalue weighted by molar-refractivity contribution is -0.245. The molecule has 1 saturated carbocycles. The molecule has 9 heterocycles. The van der Waals surface area contributed by atoms with E-state index in [0.717, 1.165) is 120 Å². The first kappa shape index (κ1) is 98.6. The molecule has 1 aliphatic carbocycles. The molecule has 2 aromatic carbocycles. The van der Waals surface area contributed by atoms with Crippen LogP contribution in [0, 0.1) is 29.6 Å². The van der Waals surface area contributed by atoms with Crippen LogP contribution in [0.4, 0.5) is 16.6 Å². The summed E-state index contributed by atoms with van der Waals surface area (Å²) in [5.74, 6) is -3.85. The Kier molecular flexibility index (Phi) is 38.2. The van der Waals surface area contributed by atoms with Crippen molar-refractivity contribution in [3.05, 3.63) is 107 Å². The van der Waals surface area contributed by atoms with Crippen molar-refractivity contribution in [3.63, 3.8) is 0 Å². The Balaban J connectivity index is 0.455. The first-order valence-electron chi connectivity index (χ1n) is 46.9. The molecule has 7 aliphatic rings. The molecule has 32 nitrogen and oxygen atoms in total. The molecule has 10 atom stereocenters. The average molecular weight is 1780 g/mol. The van der Waals surface area contributed by atoms with Crippen LogP contribution in [0.5, 0.6) is 0 Å². The molecule has 2 bridgehead atoms. The molecule has 3 aromatic heterocycles. The lowest BCUT2D eigenvalue weighted by Gasteiger charge is -2.42. The van der Waals surface area contributed by atoms with Crippen LogP contribution >= 0.6 is 0 Å². The maximum Gasteiger partial charge on any atom is 0.407 e. The van der Waals surface area contributed by atoms with E-state index in [4.69, 9.17) is 68.4 Å². The number of rotatable bonds is 31. The highest BCUT2D eigenvalue weighted by atomic mass is 16.6. The summed E-state index contributed by atoms with van der Waals surface area (Å²) in [6, 6.07) is 12.2. The number of aliphatic hydroxyl groups excluding tert-OH is 2. The monoisotopic (exact) mass is 1780 g/mol. The highest BCUT2D eigenvalue weighted by molar-refractivity contribution is 6.38. The number of fused-ring (bicyclic) bond motifs is 6. The van der Waals surface area contributed by atoms with Crippen molar-refractivity contribution >= 4 is 69.3 Å². The number of hydrogen-bond acceptors (Lipinski definition) is 27. The third-order valence-electron chi connectivity index (χ3n) is 26.6. The number of ether oxygens (including phenoxy) is 10. The van der Waals surface area contributed by atoms with Crippen molar-refractivity contribution in [3.8, 4) is 11.3 Å². The van der Waals surface area contributed by atoms with Gasteiger partial charge in [0, 0.05) is 82.7 Å². The number of nitrogens with one attached hydrogen (secondary N) is 1. The number of Topliss-reactive ketones (excluding diaryl/α,β-unsaturated/α-hetero) is 2. The van der Waals surface area contributed by atoms with E-state index in [1.165, 1.54) is 17.5 Å². The number of nitrogen functional groups attached to an aromatic ring is 2. The second-order valence-electron chi connectivity index (χ2n) is 36.1. The Morgan fingerprint density at radius 1 is 0.672 bits per heavy atom. The van der Waals surface area contributed by atoms with Crippen LogP contribution in [0.3, 0.4) is 0 Å². The van der Waals surface area contributed by atoms with Gasteiger partial charge in [0.05, 0.1) is 129 Å². The molecule has 4 saturated heterocycles. The van der Waals surface area contributed by atoms with Gasteiger partial charge in [-0.25, -0.2) is 19.4 Å². The summed E-state index contributed by atoms with van der Waals surface area (Å²) in [4.78, 5) is 103. The minimum absolute atomic E-state index is 0.00395. The molecule has 0 radical (unpaired) electrons. The highest BCUT2D eigenvalue weighted by Gasteiger charge is 2.49. The number of likely N-dealkylation sites (tertiary alicyclic amines) is 2. The normalized spacial score (nSPS) is 27.4. The fourth-order valence-electron chi connectivity index (χ4n) is 19.1. The first-order valence-corrected chi connectivity index (χ1v) is 46.9. The van der Waals surface area contributed by atoms with Crippen LogP contribution < -0.4 is 16.8 Å². The zero-order valence-electron chi connectivity index (χ0n) is 76.1. The van der Waals surface area contributed by atoms with Crippen LogP contribution in [-0.4, -0.2) is 288 Å². The number of nitrogens with zero attached hydrogens (tertiary/aromatic N) is 9. The van der Waals surface area contributed by atoms with E-state index in [2.05, 4.69) is 43.4 Å². The van der Waals surface area contributed by atoms with Crippen LogP contribution in [0.2, 0.25) is 0 Å². The topological polar surface area (TPSA) is 402 Å². The number of benzene rings is 2. The number of allylic oxidation sites excluding steroid dienone is 6. The number of oxazole rings is 1. The van der Waals surface area contributed by atoms with Crippen LogP contribution in [0.1, 0.15) is 186 Å². The van der Waals surface area contributed by atoms with Crippen molar-refractivity contribution in [2.24, 2.45) is 29.6 Å². The Morgan fingerprint density at radius 2 is 1.38 bits per heavy atom. The van der Waals surface area contributed by atoms with Crippen molar-refractivity contribution in [2.75, 3.05) is 150 Å². The molecule has 4 amide bonds. The molecule has 0 spiro atoms. The Hall–Kier alpha value is -8.48. The van der Waals surface area contributed by atoms with E-state index in [1.54, 1.807) is 25.9 Å². The smallest absolute Gasteiger partial charge is 0.407 e. The first-order chi connectivity index (χ1) is 62.0. The Morgan fingerprint density at radius 3 is 2.10 bits per heavy atom. The van der Waals surface area contributed by atoms with Gasteiger partial charge in [-0.15, -0.1) is 0 Å². The average Bonchev–Trinajstić information content (AvgIpc) is 1.58. The fraction of sp³-hybridized carbons (Fsp3) is 0.667. The summed E-state index contributed by atoms with van der Waals surface area (Å²) in [5, 5.41) is 42.7.